The molecule has 0 radical (unpaired) electrons. The van der Waals surface area contributed by atoms with Gasteiger partial charge in [-0.2, -0.15) is 0 Å². The van der Waals surface area contributed by atoms with Crippen LogP contribution in [0.3, 0.4) is 0 Å². The molecule has 0 aromatic rings. The van der Waals surface area contributed by atoms with Crippen LogP contribution in [0.2, 0.25) is 0 Å². The Hall–Kier alpha value is -1.35. The molecule has 20 heavy (non-hydrogen) atoms. The Morgan fingerprint density at radius 3 is 2.85 bits per heavy atom. The normalized spacial score (nSPS) is 21.1. The van der Waals surface area contributed by atoms with E-state index in [1.54, 1.807) is 11.8 Å². The van der Waals surface area contributed by atoms with E-state index in [-0.39, 0.29) is 6.03 Å². The van der Waals surface area contributed by atoms with Crippen molar-refractivity contribution >= 4 is 23.8 Å². The van der Waals surface area contributed by atoms with Crippen LogP contribution >= 0.6 is 11.8 Å². The maximum absolute atomic E-state index is 12.1. The Balaban J connectivity index is 2.56. The predicted molar refractivity (Wildman–Crippen MR) is 80.7 cm³/mol. The quantitative estimate of drug-likeness (QED) is 0.598. The molecule has 0 aromatic carbocycles. The number of hydrogen-bond donors (Lipinski definition) is 2. The molecule has 1 fully saturated rings. The Bertz CT molecular complexity index is 404. The summed E-state index contributed by atoms with van der Waals surface area (Å²) in [5.41, 5.74) is -0.403. The second kappa shape index (κ2) is 7.44. The Labute approximate surface area is 124 Å². The molecule has 1 atom stereocenters. The van der Waals surface area contributed by atoms with E-state index >= 15 is 0 Å². The molecule has 0 bridgehead atoms. The van der Waals surface area contributed by atoms with E-state index in [0.29, 0.717) is 18.8 Å². The number of carbonyl (C=O) groups is 2. The molecule has 1 aliphatic heterocycles. The first-order valence-electron chi connectivity index (χ1n) is 6.68. The van der Waals surface area contributed by atoms with Crippen LogP contribution in [0.4, 0.5) is 4.79 Å². The fraction of sp³-hybridized carbons (Fsp3) is 0.714. The highest BCUT2D eigenvalue weighted by Crippen LogP contribution is 2.35. The first kappa shape index (κ1) is 16.7. The van der Waals surface area contributed by atoms with Crippen molar-refractivity contribution in [2.75, 3.05) is 24.6 Å². The number of carboxylic acids is 1. The fourth-order valence-electron chi connectivity index (χ4n) is 2.54. The Morgan fingerprint density at radius 1 is 1.55 bits per heavy atom. The van der Waals surface area contributed by atoms with E-state index in [4.69, 9.17) is 6.42 Å². The first-order chi connectivity index (χ1) is 9.40. The van der Waals surface area contributed by atoms with Crippen LogP contribution in [0, 0.1) is 17.8 Å². The van der Waals surface area contributed by atoms with E-state index in [2.05, 4.69) is 11.2 Å². The number of thioether (sulfide) groups is 1. The van der Waals surface area contributed by atoms with Gasteiger partial charge in [0, 0.05) is 18.8 Å². The standard InChI is InChI=1S/C14H22N2O3S/c1-4-9-20-10-7-15-13(19)16-8-5-6-14(2,3)11(16)12(17)18/h1,11H,5-10H2,2-3H3,(H,15,19)(H,17,18). The van der Waals surface area contributed by atoms with Crippen molar-refractivity contribution in [3.05, 3.63) is 0 Å². The molecule has 1 saturated heterocycles. The van der Waals surface area contributed by atoms with Crippen molar-refractivity contribution in [3.63, 3.8) is 0 Å². The number of nitrogens with zero attached hydrogens (tertiary/aromatic N) is 1. The van der Waals surface area contributed by atoms with Gasteiger partial charge in [-0.1, -0.05) is 19.8 Å². The Morgan fingerprint density at radius 2 is 2.25 bits per heavy atom. The van der Waals surface area contributed by atoms with Crippen molar-refractivity contribution < 1.29 is 14.7 Å². The van der Waals surface area contributed by atoms with Gasteiger partial charge in [-0.15, -0.1) is 18.2 Å². The number of piperidine rings is 1. The molecule has 5 nitrogen and oxygen atoms in total. The molecule has 0 spiro atoms. The van der Waals surface area contributed by atoms with Gasteiger partial charge in [-0.05, 0) is 18.3 Å². The minimum Gasteiger partial charge on any atom is -0.480 e. The van der Waals surface area contributed by atoms with Crippen LogP contribution < -0.4 is 5.32 Å². The molecule has 2 amide bonds. The molecule has 0 aliphatic carbocycles. The number of terminal acetylenes is 1. The maximum atomic E-state index is 12.1. The van der Waals surface area contributed by atoms with E-state index in [1.165, 1.54) is 4.90 Å². The summed E-state index contributed by atoms with van der Waals surface area (Å²) in [5, 5.41) is 12.2. The van der Waals surface area contributed by atoms with Gasteiger partial charge in [0.15, 0.2) is 0 Å². The van der Waals surface area contributed by atoms with Crippen molar-refractivity contribution in [1.82, 2.24) is 10.2 Å². The fourth-order valence-corrected chi connectivity index (χ4v) is 3.05. The third kappa shape index (κ3) is 4.34. The van der Waals surface area contributed by atoms with Gasteiger partial charge in [0.05, 0.1) is 5.75 Å². The van der Waals surface area contributed by atoms with Crippen LogP contribution in [0.25, 0.3) is 0 Å². The van der Waals surface area contributed by atoms with Gasteiger partial charge in [0.2, 0.25) is 0 Å². The van der Waals surface area contributed by atoms with Crippen LogP contribution in [0.1, 0.15) is 26.7 Å². The lowest BCUT2D eigenvalue weighted by molar-refractivity contribution is -0.148. The summed E-state index contributed by atoms with van der Waals surface area (Å²) in [5.74, 6) is 2.92. The van der Waals surface area contributed by atoms with Crippen LogP contribution in [0.5, 0.6) is 0 Å². The summed E-state index contributed by atoms with van der Waals surface area (Å²) < 4.78 is 0. The topological polar surface area (TPSA) is 69.6 Å². The molecule has 1 aliphatic rings. The zero-order chi connectivity index (χ0) is 15.2. The number of carbonyl (C=O) groups excluding carboxylic acids is 1. The SMILES string of the molecule is C#CCSCCNC(=O)N1CCCC(C)(C)C1C(=O)O. The van der Waals surface area contributed by atoms with Crippen LogP contribution in [-0.4, -0.2) is 52.6 Å². The van der Waals surface area contributed by atoms with Crippen molar-refractivity contribution in [1.29, 1.82) is 0 Å². The van der Waals surface area contributed by atoms with Gasteiger partial charge >= 0.3 is 12.0 Å². The summed E-state index contributed by atoms with van der Waals surface area (Å²) in [7, 11) is 0. The third-order valence-electron chi connectivity index (χ3n) is 3.47. The highest BCUT2D eigenvalue weighted by atomic mass is 32.2. The molecular weight excluding hydrogens is 276 g/mol. The summed E-state index contributed by atoms with van der Waals surface area (Å²) in [4.78, 5) is 25.0. The number of hydrogen-bond acceptors (Lipinski definition) is 3. The molecule has 2 N–H and O–H groups in total. The maximum Gasteiger partial charge on any atom is 0.327 e. The largest absolute Gasteiger partial charge is 0.480 e. The monoisotopic (exact) mass is 298 g/mol. The number of carboxylic acid groups (broad SMARTS) is 1. The average Bonchev–Trinajstić information content (AvgIpc) is 2.36. The number of likely N-dealkylation sites (tertiary alicyclic amines) is 1. The number of urea groups is 1. The number of amides is 2. The van der Waals surface area contributed by atoms with Crippen molar-refractivity contribution in [3.8, 4) is 12.3 Å². The zero-order valence-electron chi connectivity index (χ0n) is 12.0. The number of nitrogens with one attached hydrogen (secondary N) is 1. The summed E-state index contributed by atoms with van der Waals surface area (Å²) in [6, 6.07) is -1.07. The number of aliphatic carboxylic acids is 1. The van der Waals surface area contributed by atoms with E-state index < -0.39 is 17.4 Å². The molecule has 1 unspecified atom stereocenters. The van der Waals surface area contributed by atoms with Crippen LogP contribution in [0.15, 0.2) is 0 Å². The number of rotatable bonds is 5. The van der Waals surface area contributed by atoms with Gasteiger partial charge in [0.1, 0.15) is 6.04 Å². The molecule has 0 aromatic heterocycles. The van der Waals surface area contributed by atoms with Gasteiger partial charge in [-0.3, -0.25) is 0 Å². The van der Waals surface area contributed by atoms with Crippen molar-refractivity contribution in [2.24, 2.45) is 5.41 Å². The average molecular weight is 298 g/mol. The van der Waals surface area contributed by atoms with Gasteiger partial charge < -0.3 is 15.3 Å². The van der Waals surface area contributed by atoms with Gasteiger partial charge in [0.25, 0.3) is 0 Å². The second-order valence-corrected chi connectivity index (χ2v) is 6.62. The lowest BCUT2D eigenvalue weighted by Gasteiger charge is -2.43. The Kier molecular flexibility index (Phi) is 6.21. The summed E-state index contributed by atoms with van der Waals surface area (Å²) >= 11 is 1.56. The minimum atomic E-state index is -0.938. The molecule has 1 heterocycles. The highest BCUT2D eigenvalue weighted by molar-refractivity contribution is 7.99. The zero-order valence-corrected chi connectivity index (χ0v) is 12.8. The van der Waals surface area contributed by atoms with E-state index in [1.807, 2.05) is 13.8 Å². The lowest BCUT2D eigenvalue weighted by atomic mass is 9.76. The van der Waals surface area contributed by atoms with Crippen molar-refractivity contribution in [2.45, 2.75) is 32.7 Å². The van der Waals surface area contributed by atoms with Crippen LogP contribution in [-0.2, 0) is 4.79 Å². The van der Waals surface area contributed by atoms with E-state index in [9.17, 15) is 14.7 Å². The molecule has 1 rings (SSSR count). The third-order valence-corrected chi connectivity index (χ3v) is 4.34. The molecule has 6 heteroatoms. The first-order valence-corrected chi connectivity index (χ1v) is 7.84. The molecule has 0 saturated carbocycles. The second-order valence-electron chi connectivity index (χ2n) is 5.51. The smallest absolute Gasteiger partial charge is 0.327 e. The summed E-state index contributed by atoms with van der Waals surface area (Å²) in [6.45, 7) is 4.78. The predicted octanol–water partition coefficient (Wildman–Crippen LogP) is 1.64. The molecule has 112 valence electrons. The van der Waals surface area contributed by atoms with E-state index in [0.717, 1.165) is 18.6 Å². The summed E-state index contributed by atoms with van der Waals surface area (Å²) in [6.07, 6.45) is 6.78. The lowest BCUT2D eigenvalue weighted by Crippen LogP contribution is -2.58. The van der Waals surface area contributed by atoms with Gasteiger partial charge in [-0.25, -0.2) is 9.59 Å². The minimum absolute atomic E-state index is 0.300. The highest BCUT2D eigenvalue weighted by Gasteiger charge is 2.44. The molecular formula is C14H22N2O3S.